The van der Waals surface area contributed by atoms with E-state index in [9.17, 15) is 23.1 Å². The van der Waals surface area contributed by atoms with Crippen molar-refractivity contribution in [3.8, 4) is 0 Å². The average Bonchev–Trinajstić information content (AvgIpc) is 3.24. The predicted molar refractivity (Wildman–Crippen MR) is 123 cm³/mol. The summed E-state index contributed by atoms with van der Waals surface area (Å²) in [5.74, 6) is -1.68. The monoisotopic (exact) mass is 453 g/mol. The van der Waals surface area contributed by atoms with E-state index in [-0.39, 0.29) is 29.3 Å². The van der Waals surface area contributed by atoms with Crippen molar-refractivity contribution in [1.29, 1.82) is 0 Å². The number of ketones is 1. The zero-order valence-electron chi connectivity index (χ0n) is 18.4. The van der Waals surface area contributed by atoms with Crippen LogP contribution in [0.4, 0.5) is 0 Å². The number of carbonyl (C=O) groups is 2. The number of hydrogen-bond donors (Lipinski definition) is 1. The summed E-state index contributed by atoms with van der Waals surface area (Å²) >= 11 is 0. The van der Waals surface area contributed by atoms with E-state index in [0.717, 1.165) is 11.1 Å². The topological polar surface area (TPSA) is 91.8 Å². The van der Waals surface area contributed by atoms with Crippen LogP contribution in [0.1, 0.15) is 54.5 Å². The van der Waals surface area contributed by atoms with Crippen LogP contribution in [0, 0.1) is 6.92 Å². The first kappa shape index (κ1) is 22.3. The van der Waals surface area contributed by atoms with Crippen LogP contribution in [0.2, 0.25) is 0 Å². The highest BCUT2D eigenvalue weighted by molar-refractivity contribution is 7.91. The lowest BCUT2D eigenvalue weighted by Gasteiger charge is -2.30. The van der Waals surface area contributed by atoms with Gasteiger partial charge in [0.2, 0.25) is 0 Å². The molecule has 4 rings (SSSR count). The number of carbonyl (C=O) groups excluding carboxylic acids is 2. The smallest absolute Gasteiger partial charge is 0.295 e. The molecule has 2 saturated heterocycles. The quantitative estimate of drug-likeness (QED) is 0.433. The minimum Gasteiger partial charge on any atom is -0.507 e. The van der Waals surface area contributed by atoms with Crippen LogP contribution in [0.5, 0.6) is 0 Å². The fourth-order valence-electron chi connectivity index (χ4n) is 4.48. The lowest BCUT2D eigenvalue weighted by atomic mass is 9.92. The van der Waals surface area contributed by atoms with Crippen LogP contribution < -0.4 is 0 Å². The number of aryl methyl sites for hydroxylation is 1. The third kappa shape index (κ3) is 3.97. The van der Waals surface area contributed by atoms with E-state index in [0.29, 0.717) is 17.0 Å². The normalized spacial score (nSPS) is 24.4. The Morgan fingerprint density at radius 1 is 1.03 bits per heavy atom. The van der Waals surface area contributed by atoms with Crippen molar-refractivity contribution >= 4 is 27.3 Å². The molecule has 0 aromatic heterocycles. The van der Waals surface area contributed by atoms with Gasteiger partial charge in [-0.25, -0.2) is 8.42 Å². The summed E-state index contributed by atoms with van der Waals surface area (Å²) < 4.78 is 24.3. The van der Waals surface area contributed by atoms with Crippen molar-refractivity contribution < 1.29 is 23.1 Å². The number of aliphatic hydroxyl groups excluding tert-OH is 1. The minimum absolute atomic E-state index is 0.000415. The van der Waals surface area contributed by atoms with Gasteiger partial charge < -0.3 is 10.0 Å². The lowest BCUT2D eigenvalue weighted by Crippen LogP contribution is -2.40. The first-order chi connectivity index (χ1) is 15.1. The Balaban J connectivity index is 1.87. The number of amides is 1. The van der Waals surface area contributed by atoms with E-state index in [1.165, 1.54) is 4.90 Å². The molecule has 32 heavy (non-hydrogen) atoms. The molecule has 6 nitrogen and oxygen atoms in total. The highest BCUT2D eigenvalue weighted by Crippen LogP contribution is 2.42. The maximum Gasteiger partial charge on any atom is 0.295 e. The SMILES string of the molecule is Cc1ccc(C(O)=C2C(=O)C(=O)N([C@H]3CCS(=O)(=O)C3)[C@H]2c2ccc(C(C)C)cc2)cc1. The standard InChI is InChI=1S/C25H27NO5S/c1-15(2)17-8-10-18(11-9-17)22-21(23(27)19-6-4-16(3)5-7-19)24(28)25(29)26(22)20-12-13-32(30,31)14-20/h4-11,15,20,22,27H,12-14H2,1-3H3/t20-,22-/m0/s1. The van der Waals surface area contributed by atoms with Crippen molar-refractivity contribution in [2.45, 2.75) is 45.2 Å². The highest BCUT2D eigenvalue weighted by atomic mass is 32.2. The molecular formula is C25H27NO5S. The second kappa shape index (κ2) is 8.20. The number of likely N-dealkylation sites (tertiary alicyclic amines) is 1. The summed E-state index contributed by atoms with van der Waals surface area (Å²) in [6.45, 7) is 6.06. The van der Waals surface area contributed by atoms with Crippen molar-refractivity contribution in [2.75, 3.05) is 11.5 Å². The van der Waals surface area contributed by atoms with Gasteiger partial charge >= 0.3 is 0 Å². The average molecular weight is 454 g/mol. The maximum absolute atomic E-state index is 13.1. The van der Waals surface area contributed by atoms with E-state index >= 15 is 0 Å². The number of Topliss-reactive ketones (excluding diaryl/α,β-unsaturated/α-hetero) is 1. The molecule has 0 spiro atoms. The molecular weight excluding hydrogens is 426 g/mol. The lowest BCUT2D eigenvalue weighted by molar-refractivity contribution is -0.141. The van der Waals surface area contributed by atoms with E-state index < -0.39 is 33.6 Å². The molecule has 7 heteroatoms. The van der Waals surface area contributed by atoms with Crippen LogP contribution in [0.25, 0.3) is 5.76 Å². The summed E-state index contributed by atoms with van der Waals surface area (Å²) in [4.78, 5) is 27.6. The van der Waals surface area contributed by atoms with Crippen molar-refractivity contribution in [1.82, 2.24) is 4.90 Å². The molecule has 0 saturated carbocycles. The second-order valence-corrected chi connectivity index (χ2v) is 11.2. The molecule has 0 unspecified atom stereocenters. The van der Waals surface area contributed by atoms with Gasteiger partial charge in [-0.2, -0.15) is 0 Å². The van der Waals surface area contributed by atoms with Gasteiger partial charge in [-0.1, -0.05) is 67.9 Å². The van der Waals surface area contributed by atoms with Gasteiger partial charge in [-0.15, -0.1) is 0 Å². The molecule has 168 valence electrons. The third-order valence-corrected chi connectivity index (χ3v) is 8.08. The number of nitrogens with zero attached hydrogens (tertiary/aromatic N) is 1. The van der Waals surface area contributed by atoms with E-state index in [4.69, 9.17) is 0 Å². The van der Waals surface area contributed by atoms with E-state index in [2.05, 4.69) is 13.8 Å². The van der Waals surface area contributed by atoms with Crippen molar-refractivity contribution in [3.63, 3.8) is 0 Å². The van der Waals surface area contributed by atoms with Gasteiger partial charge in [0, 0.05) is 11.6 Å². The zero-order chi connectivity index (χ0) is 23.2. The Labute approximate surface area is 188 Å². The van der Waals surface area contributed by atoms with Gasteiger partial charge in [0.1, 0.15) is 5.76 Å². The number of benzene rings is 2. The number of sulfone groups is 1. The van der Waals surface area contributed by atoms with Crippen molar-refractivity contribution in [2.24, 2.45) is 0 Å². The summed E-state index contributed by atoms with van der Waals surface area (Å²) in [5.41, 5.74) is 3.22. The molecule has 2 heterocycles. The fraction of sp³-hybridized carbons (Fsp3) is 0.360. The van der Waals surface area contributed by atoms with Crippen LogP contribution in [-0.4, -0.2) is 47.7 Å². The van der Waals surface area contributed by atoms with Gasteiger partial charge in [0.25, 0.3) is 11.7 Å². The Morgan fingerprint density at radius 3 is 2.19 bits per heavy atom. The Bertz CT molecular complexity index is 1190. The third-order valence-electron chi connectivity index (χ3n) is 6.33. The molecule has 2 atom stereocenters. The molecule has 0 bridgehead atoms. The Hall–Kier alpha value is -2.93. The van der Waals surface area contributed by atoms with Gasteiger partial charge in [0.05, 0.1) is 23.1 Å². The predicted octanol–water partition coefficient (Wildman–Crippen LogP) is 3.73. The molecule has 2 aliphatic heterocycles. The fourth-order valence-corrected chi connectivity index (χ4v) is 6.19. The second-order valence-electron chi connectivity index (χ2n) is 8.95. The molecule has 2 aromatic rings. The van der Waals surface area contributed by atoms with Crippen LogP contribution in [0.3, 0.4) is 0 Å². The first-order valence-corrected chi connectivity index (χ1v) is 12.6. The summed E-state index contributed by atoms with van der Waals surface area (Å²) in [7, 11) is -3.28. The highest BCUT2D eigenvalue weighted by Gasteiger charge is 2.50. The summed E-state index contributed by atoms with van der Waals surface area (Å²) in [6.07, 6.45) is 0.278. The Kier molecular flexibility index (Phi) is 5.71. The molecule has 1 amide bonds. The zero-order valence-corrected chi connectivity index (χ0v) is 19.2. The van der Waals surface area contributed by atoms with E-state index in [1.54, 1.807) is 12.1 Å². The number of hydrogen-bond acceptors (Lipinski definition) is 5. The molecule has 1 N–H and O–H groups in total. The van der Waals surface area contributed by atoms with E-state index in [1.807, 2.05) is 43.3 Å². The van der Waals surface area contributed by atoms with Gasteiger partial charge in [-0.3, -0.25) is 9.59 Å². The maximum atomic E-state index is 13.1. The summed E-state index contributed by atoms with van der Waals surface area (Å²) in [5, 5.41) is 11.1. The van der Waals surface area contributed by atoms with Crippen LogP contribution >= 0.6 is 0 Å². The van der Waals surface area contributed by atoms with Crippen molar-refractivity contribution in [3.05, 3.63) is 76.4 Å². The summed E-state index contributed by atoms with van der Waals surface area (Å²) in [6, 6.07) is 13.2. The molecule has 2 aromatic carbocycles. The molecule has 2 aliphatic rings. The molecule has 0 aliphatic carbocycles. The van der Waals surface area contributed by atoms with Crippen LogP contribution in [0.15, 0.2) is 54.1 Å². The largest absolute Gasteiger partial charge is 0.507 e. The number of aliphatic hydroxyl groups is 1. The molecule has 0 radical (unpaired) electrons. The Morgan fingerprint density at radius 2 is 1.66 bits per heavy atom. The first-order valence-electron chi connectivity index (χ1n) is 10.8. The number of rotatable bonds is 4. The molecule has 2 fully saturated rings. The van der Waals surface area contributed by atoms with Gasteiger partial charge in [-0.05, 0) is 30.4 Å². The minimum atomic E-state index is -3.28. The van der Waals surface area contributed by atoms with Gasteiger partial charge in [0.15, 0.2) is 9.84 Å². The van der Waals surface area contributed by atoms with Crippen LogP contribution in [-0.2, 0) is 19.4 Å².